The lowest BCUT2D eigenvalue weighted by Gasteiger charge is -2.40. The van der Waals surface area contributed by atoms with Crippen molar-refractivity contribution in [3.05, 3.63) is 59.0 Å². The Kier molecular flexibility index (Phi) is 3.42. The number of morpholine rings is 1. The van der Waals surface area contributed by atoms with Gasteiger partial charge in [-0.1, -0.05) is 24.3 Å². The molecule has 1 atom stereocenters. The van der Waals surface area contributed by atoms with Crippen LogP contribution in [0.5, 0.6) is 0 Å². The summed E-state index contributed by atoms with van der Waals surface area (Å²) in [7, 11) is 0. The van der Waals surface area contributed by atoms with Crippen LogP contribution in [0.25, 0.3) is 0 Å². The van der Waals surface area contributed by atoms with Crippen molar-refractivity contribution in [3.8, 4) is 0 Å². The molecular weight excluding hydrogens is 310 g/mol. The maximum atomic E-state index is 12.7. The van der Waals surface area contributed by atoms with Crippen LogP contribution >= 0.6 is 0 Å². The van der Waals surface area contributed by atoms with Crippen molar-refractivity contribution in [3.63, 3.8) is 0 Å². The number of carbonyl (C=O) groups excluding carboxylic acids is 1. The summed E-state index contributed by atoms with van der Waals surface area (Å²) < 4.78 is 11.2. The van der Waals surface area contributed by atoms with E-state index >= 15 is 0 Å². The Morgan fingerprint density at radius 1 is 1.12 bits per heavy atom. The minimum absolute atomic E-state index is 0.0516. The van der Waals surface area contributed by atoms with Crippen LogP contribution < -0.4 is 0 Å². The number of fused-ring (bicyclic) bond motifs is 2. The maximum Gasteiger partial charge on any atom is 0.371 e. The highest BCUT2D eigenvalue weighted by atomic mass is 16.5. The quantitative estimate of drug-likeness (QED) is 0.915. The molecule has 24 heavy (non-hydrogen) atoms. The van der Waals surface area contributed by atoms with Gasteiger partial charge in [-0.15, -0.1) is 0 Å². The van der Waals surface area contributed by atoms with Gasteiger partial charge >= 0.3 is 5.97 Å². The monoisotopic (exact) mass is 327 g/mol. The molecular formula is C18H17NO5. The minimum atomic E-state index is -1.18. The fourth-order valence-corrected chi connectivity index (χ4v) is 3.65. The molecule has 1 amide bonds. The smallest absolute Gasteiger partial charge is 0.371 e. The molecule has 1 aromatic carbocycles. The van der Waals surface area contributed by atoms with E-state index in [1.54, 1.807) is 4.90 Å². The predicted molar refractivity (Wildman–Crippen MR) is 84.0 cm³/mol. The summed E-state index contributed by atoms with van der Waals surface area (Å²) >= 11 is 0. The van der Waals surface area contributed by atoms with E-state index in [2.05, 4.69) is 12.1 Å². The first-order valence-corrected chi connectivity index (χ1v) is 7.94. The number of benzene rings is 1. The second-order valence-electron chi connectivity index (χ2n) is 6.20. The largest absolute Gasteiger partial charge is 0.475 e. The average Bonchev–Trinajstić information content (AvgIpc) is 3.21. The van der Waals surface area contributed by atoms with Crippen molar-refractivity contribution >= 4 is 11.9 Å². The van der Waals surface area contributed by atoms with E-state index in [1.165, 1.54) is 17.7 Å². The lowest BCUT2D eigenvalue weighted by atomic mass is 9.93. The molecule has 0 radical (unpaired) electrons. The lowest BCUT2D eigenvalue weighted by Crippen LogP contribution is -2.51. The highest BCUT2D eigenvalue weighted by molar-refractivity contribution is 5.93. The van der Waals surface area contributed by atoms with Gasteiger partial charge in [0.1, 0.15) is 5.60 Å². The van der Waals surface area contributed by atoms with Crippen molar-refractivity contribution in [1.82, 2.24) is 4.90 Å². The average molecular weight is 327 g/mol. The Labute approximate surface area is 138 Å². The topological polar surface area (TPSA) is 80.0 Å². The third-order valence-electron chi connectivity index (χ3n) is 4.81. The third kappa shape index (κ3) is 2.30. The Morgan fingerprint density at radius 3 is 2.71 bits per heavy atom. The molecule has 6 nitrogen and oxygen atoms in total. The predicted octanol–water partition coefficient (Wildman–Crippen LogP) is 2.29. The minimum Gasteiger partial charge on any atom is -0.475 e. The van der Waals surface area contributed by atoms with Gasteiger partial charge < -0.3 is 19.2 Å². The standard InChI is InChI=1S/C18H17NO5/c20-16(14-5-6-15(24-14)17(21)22)19-9-10-23-18(11-19)8-7-12-3-1-2-4-13(12)18/h1-6H,7-11H2,(H,21,22). The van der Waals surface area contributed by atoms with Gasteiger partial charge in [-0.25, -0.2) is 4.79 Å². The van der Waals surface area contributed by atoms with Crippen molar-refractivity contribution in [1.29, 1.82) is 0 Å². The fraction of sp³-hybridized carbons (Fsp3) is 0.333. The van der Waals surface area contributed by atoms with Crippen LogP contribution in [0.3, 0.4) is 0 Å². The van der Waals surface area contributed by atoms with Crippen LogP contribution in [-0.4, -0.2) is 41.6 Å². The zero-order chi connectivity index (χ0) is 16.7. The molecule has 124 valence electrons. The molecule has 0 bridgehead atoms. The Balaban J connectivity index is 1.59. The van der Waals surface area contributed by atoms with Crippen LogP contribution in [0, 0.1) is 0 Å². The zero-order valence-electron chi connectivity index (χ0n) is 13.0. The lowest BCUT2D eigenvalue weighted by molar-refractivity contribution is -0.104. The van der Waals surface area contributed by atoms with Gasteiger partial charge in [0, 0.05) is 6.54 Å². The summed E-state index contributed by atoms with van der Waals surface area (Å²) in [5, 5.41) is 8.93. The molecule has 6 heteroatoms. The zero-order valence-corrected chi connectivity index (χ0v) is 13.0. The summed E-state index contributed by atoms with van der Waals surface area (Å²) in [6.45, 7) is 1.37. The number of rotatable bonds is 2. The van der Waals surface area contributed by atoms with Gasteiger partial charge in [0.2, 0.25) is 5.76 Å². The van der Waals surface area contributed by atoms with E-state index in [9.17, 15) is 9.59 Å². The highest BCUT2D eigenvalue weighted by Crippen LogP contribution is 2.42. The van der Waals surface area contributed by atoms with Gasteiger partial charge in [-0.2, -0.15) is 0 Å². The first kappa shape index (κ1) is 15.0. The highest BCUT2D eigenvalue weighted by Gasteiger charge is 2.44. The molecule has 2 aliphatic rings. The van der Waals surface area contributed by atoms with Gasteiger partial charge in [-0.05, 0) is 36.1 Å². The van der Waals surface area contributed by atoms with Crippen LogP contribution in [0.2, 0.25) is 0 Å². The number of furan rings is 1. The number of carboxylic acids is 1. The Hall–Kier alpha value is -2.60. The second kappa shape index (κ2) is 5.49. The third-order valence-corrected chi connectivity index (χ3v) is 4.81. The van der Waals surface area contributed by atoms with E-state index in [0.717, 1.165) is 18.4 Å². The van der Waals surface area contributed by atoms with E-state index < -0.39 is 11.6 Å². The molecule has 1 aromatic heterocycles. The van der Waals surface area contributed by atoms with Crippen LogP contribution in [0.15, 0.2) is 40.8 Å². The summed E-state index contributed by atoms with van der Waals surface area (Å²) in [6, 6.07) is 10.9. The molecule has 0 saturated carbocycles. The summed E-state index contributed by atoms with van der Waals surface area (Å²) in [5.74, 6) is -1.66. The second-order valence-corrected chi connectivity index (χ2v) is 6.20. The molecule has 4 rings (SSSR count). The summed E-state index contributed by atoms with van der Waals surface area (Å²) in [6.07, 6.45) is 1.77. The summed E-state index contributed by atoms with van der Waals surface area (Å²) in [5.41, 5.74) is 1.94. The molecule has 2 heterocycles. The van der Waals surface area contributed by atoms with Crippen molar-refractivity contribution < 1.29 is 23.8 Å². The fourth-order valence-electron chi connectivity index (χ4n) is 3.65. The first-order chi connectivity index (χ1) is 11.6. The Morgan fingerprint density at radius 2 is 1.92 bits per heavy atom. The van der Waals surface area contributed by atoms with Crippen molar-refractivity contribution in [2.24, 2.45) is 0 Å². The number of ether oxygens (including phenoxy) is 1. The molecule has 1 fully saturated rings. The SMILES string of the molecule is O=C(O)c1ccc(C(=O)N2CCOC3(CCc4ccccc43)C2)o1. The number of hydrogen-bond donors (Lipinski definition) is 1. The van der Waals surface area contributed by atoms with Gasteiger partial charge in [0.15, 0.2) is 5.76 Å². The number of amides is 1. The van der Waals surface area contributed by atoms with Gasteiger partial charge in [0.25, 0.3) is 5.91 Å². The van der Waals surface area contributed by atoms with E-state index in [1.807, 2.05) is 12.1 Å². The van der Waals surface area contributed by atoms with E-state index in [0.29, 0.717) is 19.7 Å². The van der Waals surface area contributed by atoms with Crippen molar-refractivity contribution in [2.45, 2.75) is 18.4 Å². The Bertz CT molecular complexity index is 807. The van der Waals surface area contributed by atoms with Crippen molar-refractivity contribution in [2.75, 3.05) is 19.7 Å². The number of carboxylic acid groups (broad SMARTS) is 1. The number of hydrogen-bond acceptors (Lipinski definition) is 4. The molecule has 1 aliphatic carbocycles. The molecule has 1 saturated heterocycles. The first-order valence-electron chi connectivity index (χ1n) is 7.94. The number of nitrogens with zero attached hydrogens (tertiary/aromatic N) is 1. The van der Waals surface area contributed by atoms with E-state index in [-0.39, 0.29) is 17.4 Å². The van der Waals surface area contributed by atoms with Gasteiger partial charge in [-0.3, -0.25) is 4.79 Å². The number of aromatic carboxylic acids is 1. The molecule has 1 unspecified atom stereocenters. The van der Waals surface area contributed by atoms with Crippen LogP contribution in [0.4, 0.5) is 0 Å². The normalized spacial score (nSPS) is 22.6. The van der Waals surface area contributed by atoms with E-state index in [4.69, 9.17) is 14.3 Å². The molecule has 2 aromatic rings. The number of aryl methyl sites for hydroxylation is 1. The molecule has 1 N–H and O–H groups in total. The van der Waals surface area contributed by atoms with Gasteiger partial charge in [0.05, 0.1) is 13.2 Å². The summed E-state index contributed by atoms with van der Waals surface area (Å²) in [4.78, 5) is 25.3. The maximum absolute atomic E-state index is 12.7. The number of carbonyl (C=O) groups is 2. The molecule has 1 spiro atoms. The van der Waals surface area contributed by atoms with Crippen LogP contribution in [0.1, 0.15) is 38.7 Å². The van der Waals surface area contributed by atoms with Crippen LogP contribution in [-0.2, 0) is 16.8 Å². The molecule has 1 aliphatic heterocycles.